The van der Waals surface area contributed by atoms with Gasteiger partial charge in [-0.05, 0) is 6.92 Å². The van der Waals surface area contributed by atoms with E-state index in [9.17, 15) is 15.3 Å². The van der Waals surface area contributed by atoms with Crippen LogP contribution in [-0.4, -0.2) is 53.1 Å². The van der Waals surface area contributed by atoms with Gasteiger partial charge >= 0.3 is 0 Å². The molecule has 0 bridgehead atoms. The smallest absolute Gasteiger partial charge is 0.186 e. The fourth-order valence-corrected chi connectivity index (χ4v) is 1.21. The Bertz CT molecular complexity index is 146. The fourth-order valence-electron chi connectivity index (χ4n) is 1.21. The molecule has 0 aliphatic carbocycles. The largest absolute Gasteiger partial charge is 0.388 e. The molecule has 1 saturated heterocycles. The van der Waals surface area contributed by atoms with Gasteiger partial charge in [0, 0.05) is 7.11 Å². The Labute approximate surface area is 70.5 Å². The summed E-state index contributed by atoms with van der Waals surface area (Å²) in [4.78, 5) is 0. The van der Waals surface area contributed by atoms with Gasteiger partial charge in [0.1, 0.15) is 18.3 Å². The lowest BCUT2D eigenvalue weighted by molar-refractivity contribution is -0.286. The Balaban J connectivity index is 2.63. The van der Waals surface area contributed by atoms with Crippen molar-refractivity contribution < 1.29 is 24.8 Å². The van der Waals surface area contributed by atoms with Gasteiger partial charge in [-0.25, -0.2) is 0 Å². The number of aliphatic hydroxyl groups is 3. The van der Waals surface area contributed by atoms with Crippen LogP contribution in [0.25, 0.3) is 0 Å². The number of hydrogen-bond donors (Lipinski definition) is 3. The molecule has 1 fully saturated rings. The van der Waals surface area contributed by atoms with E-state index >= 15 is 0 Å². The summed E-state index contributed by atoms with van der Waals surface area (Å²) in [5, 5.41) is 27.8. The van der Waals surface area contributed by atoms with Crippen LogP contribution in [-0.2, 0) is 9.47 Å². The molecule has 72 valence electrons. The van der Waals surface area contributed by atoms with Gasteiger partial charge < -0.3 is 24.8 Å². The van der Waals surface area contributed by atoms with Crippen molar-refractivity contribution in [3.8, 4) is 0 Å². The molecular formula is C7H14O5. The minimum absolute atomic E-state index is 0.534. The standard InChI is InChI=1S/C7H14O5/c1-3-4(8)5(9)6(10)7(11-2)12-3/h3-10H,1-2H3/t3-,4+,5-,6-,7?/m0/s1. The molecule has 0 aromatic rings. The Morgan fingerprint density at radius 2 is 1.67 bits per heavy atom. The highest BCUT2D eigenvalue weighted by molar-refractivity contribution is 4.86. The van der Waals surface area contributed by atoms with Gasteiger partial charge in [0.05, 0.1) is 6.10 Å². The zero-order valence-electron chi connectivity index (χ0n) is 7.04. The quantitative estimate of drug-likeness (QED) is 0.453. The lowest BCUT2D eigenvalue weighted by atomic mass is 10.0. The Hall–Kier alpha value is -0.200. The molecule has 3 N–H and O–H groups in total. The van der Waals surface area contributed by atoms with Gasteiger partial charge in [-0.15, -0.1) is 0 Å². The first-order chi connectivity index (χ1) is 5.57. The van der Waals surface area contributed by atoms with Crippen LogP contribution in [0.3, 0.4) is 0 Å². The highest BCUT2D eigenvalue weighted by Gasteiger charge is 2.41. The third-order valence-electron chi connectivity index (χ3n) is 2.04. The van der Waals surface area contributed by atoms with E-state index in [4.69, 9.17) is 9.47 Å². The van der Waals surface area contributed by atoms with Crippen LogP contribution in [0.1, 0.15) is 6.92 Å². The van der Waals surface area contributed by atoms with Crippen LogP contribution in [0.4, 0.5) is 0 Å². The minimum Gasteiger partial charge on any atom is -0.388 e. The molecule has 0 spiro atoms. The van der Waals surface area contributed by atoms with Crippen molar-refractivity contribution in [1.29, 1.82) is 0 Å². The summed E-state index contributed by atoms with van der Waals surface area (Å²) < 4.78 is 9.80. The molecule has 0 amide bonds. The molecule has 1 unspecified atom stereocenters. The summed E-state index contributed by atoms with van der Waals surface area (Å²) in [5.41, 5.74) is 0. The zero-order valence-corrected chi connectivity index (χ0v) is 7.04. The molecule has 0 aromatic heterocycles. The molecule has 1 aliphatic heterocycles. The first-order valence-corrected chi connectivity index (χ1v) is 3.80. The van der Waals surface area contributed by atoms with Crippen molar-refractivity contribution >= 4 is 0 Å². The van der Waals surface area contributed by atoms with Crippen LogP contribution in [0.5, 0.6) is 0 Å². The predicted octanol–water partition coefficient (Wildman–Crippen LogP) is -1.54. The maximum absolute atomic E-state index is 9.27. The first kappa shape index (κ1) is 9.88. The second kappa shape index (κ2) is 3.68. The number of methoxy groups -OCH3 is 1. The van der Waals surface area contributed by atoms with Crippen molar-refractivity contribution in [3.63, 3.8) is 0 Å². The van der Waals surface area contributed by atoms with E-state index in [1.165, 1.54) is 7.11 Å². The Morgan fingerprint density at radius 1 is 1.08 bits per heavy atom. The Morgan fingerprint density at radius 3 is 2.17 bits per heavy atom. The normalized spacial score (nSPS) is 49.2. The van der Waals surface area contributed by atoms with Crippen molar-refractivity contribution in [2.45, 2.75) is 37.6 Å². The van der Waals surface area contributed by atoms with E-state index < -0.39 is 30.7 Å². The molecule has 0 saturated carbocycles. The van der Waals surface area contributed by atoms with Gasteiger partial charge in [0.2, 0.25) is 0 Å². The van der Waals surface area contributed by atoms with Crippen molar-refractivity contribution in [1.82, 2.24) is 0 Å². The second-order valence-corrected chi connectivity index (χ2v) is 2.92. The summed E-state index contributed by atoms with van der Waals surface area (Å²) in [6, 6.07) is 0. The van der Waals surface area contributed by atoms with Gasteiger partial charge in [-0.1, -0.05) is 0 Å². The maximum atomic E-state index is 9.27. The third kappa shape index (κ3) is 1.60. The molecule has 5 nitrogen and oxygen atoms in total. The van der Waals surface area contributed by atoms with Crippen LogP contribution in [0.2, 0.25) is 0 Å². The zero-order chi connectivity index (χ0) is 9.30. The maximum Gasteiger partial charge on any atom is 0.186 e. The van der Waals surface area contributed by atoms with Gasteiger partial charge in [-0.3, -0.25) is 0 Å². The highest BCUT2D eigenvalue weighted by atomic mass is 16.7. The minimum atomic E-state index is -1.21. The van der Waals surface area contributed by atoms with Crippen LogP contribution in [0.15, 0.2) is 0 Å². The molecule has 1 aliphatic rings. The first-order valence-electron chi connectivity index (χ1n) is 3.80. The molecule has 5 atom stereocenters. The highest BCUT2D eigenvalue weighted by Crippen LogP contribution is 2.20. The van der Waals surface area contributed by atoms with E-state index in [0.717, 1.165) is 0 Å². The van der Waals surface area contributed by atoms with Gasteiger partial charge in [-0.2, -0.15) is 0 Å². The number of rotatable bonds is 1. The van der Waals surface area contributed by atoms with E-state index in [1.807, 2.05) is 0 Å². The van der Waals surface area contributed by atoms with Crippen LogP contribution >= 0.6 is 0 Å². The lowest BCUT2D eigenvalue weighted by Gasteiger charge is -2.38. The van der Waals surface area contributed by atoms with Gasteiger partial charge in [0.25, 0.3) is 0 Å². The van der Waals surface area contributed by atoms with E-state index in [1.54, 1.807) is 6.92 Å². The fraction of sp³-hybridized carbons (Fsp3) is 1.00. The molecule has 12 heavy (non-hydrogen) atoms. The van der Waals surface area contributed by atoms with E-state index in [-0.39, 0.29) is 0 Å². The third-order valence-corrected chi connectivity index (χ3v) is 2.04. The summed E-state index contributed by atoms with van der Waals surface area (Å²) in [5.74, 6) is 0. The van der Waals surface area contributed by atoms with Crippen LogP contribution < -0.4 is 0 Å². The van der Waals surface area contributed by atoms with E-state index in [0.29, 0.717) is 0 Å². The lowest BCUT2D eigenvalue weighted by Crippen LogP contribution is -2.57. The van der Waals surface area contributed by atoms with Crippen molar-refractivity contribution in [2.24, 2.45) is 0 Å². The molecule has 1 heterocycles. The summed E-state index contributed by atoms with van der Waals surface area (Å²) in [6.07, 6.45) is -4.86. The molecule has 5 heteroatoms. The molecular weight excluding hydrogens is 164 g/mol. The van der Waals surface area contributed by atoms with Gasteiger partial charge in [0.15, 0.2) is 6.29 Å². The summed E-state index contributed by atoms with van der Waals surface area (Å²) >= 11 is 0. The average molecular weight is 178 g/mol. The average Bonchev–Trinajstić information content (AvgIpc) is 2.08. The number of ether oxygens (including phenoxy) is 2. The second-order valence-electron chi connectivity index (χ2n) is 2.92. The van der Waals surface area contributed by atoms with E-state index in [2.05, 4.69) is 0 Å². The molecule has 0 radical (unpaired) electrons. The van der Waals surface area contributed by atoms with Crippen molar-refractivity contribution in [3.05, 3.63) is 0 Å². The number of hydrogen-bond acceptors (Lipinski definition) is 5. The molecule has 1 rings (SSSR count). The predicted molar refractivity (Wildman–Crippen MR) is 39.4 cm³/mol. The molecule has 0 aromatic carbocycles. The topological polar surface area (TPSA) is 79.2 Å². The monoisotopic (exact) mass is 178 g/mol. The van der Waals surface area contributed by atoms with Crippen LogP contribution in [0, 0.1) is 0 Å². The summed E-state index contributed by atoms with van der Waals surface area (Å²) in [7, 11) is 1.37. The van der Waals surface area contributed by atoms with Crippen molar-refractivity contribution in [2.75, 3.05) is 7.11 Å². The number of aliphatic hydroxyl groups excluding tert-OH is 3. The SMILES string of the molecule is COC1O[C@@H](C)[C@@H](O)[C@H](O)[C@@H]1O. The summed E-state index contributed by atoms with van der Waals surface area (Å²) in [6.45, 7) is 1.60. The Kier molecular flexibility index (Phi) is 3.03.